The number of benzene rings is 2. The van der Waals surface area contributed by atoms with Crippen LogP contribution in [-0.2, 0) is 4.79 Å². The number of carbonyl (C=O) groups is 1. The van der Waals surface area contributed by atoms with Crippen LogP contribution in [0.15, 0.2) is 54.6 Å². The minimum absolute atomic E-state index is 0.120. The van der Waals surface area contributed by atoms with Crippen LogP contribution in [0.25, 0.3) is 0 Å². The van der Waals surface area contributed by atoms with Crippen molar-refractivity contribution in [1.82, 2.24) is 9.97 Å². The van der Waals surface area contributed by atoms with Gasteiger partial charge in [-0.15, -0.1) is 0 Å². The van der Waals surface area contributed by atoms with Crippen LogP contribution in [-0.4, -0.2) is 23.0 Å². The third kappa shape index (κ3) is 5.51. The van der Waals surface area contributed by atoms with Crippen molar-refractivity contribution in [3.63, 3.8) is 0 Å². The van der Waals surface area contributed by atoms with Crippen LogP contribution >= 0.6 is 0 Å². The van der Waals surface area contributed by atoms with E-state index in [-0.39, 0.29) is 11.8 Å². The number of ether oxygens (including phenoxy) is 1. The molecule has 7 nitrogen and oxygen atoms in total. The molecule has 3 N–H and O–H groups in total. The lowest BCUT2D eigenvalue weighted by Gasteiger charge is -2.12. The second kappa shape index (κ2) is 9.47. The second-order valence-electron chi connectivity index (χ2n) is 7.74. The third-order valence-electron chi connectivity index (χ3n) is 5.35. The van der Waals surface area contributed by atoms with Gasteiger partial charge in [0.15, 0.2) is 0 Å². The molecule has 0 bridgehead atoms. The summed E-state index contributed by atoms with van der Waals surface area (Å²) in [5.74, 6) is 2.26. The Hall–Kier alpha value is -3.61. The summed E-state index contributed by atoms with van der Waals surface area (Å²) in [5.41, 5.74) is 3.40. The highest BCUT2D eigenvalue weighted by Crippen LogP contribution is 2.27. The van der Waals surface area contributed by atoms with Crippen LogP contribution < -0.4 is 20.7 Å². The lowest BCUT2D eigenvalue weighted by atomic mass is 10.1. The Morgan fingerprint density at radius 3 is 2.19 bits per heavy atom. The molecule has 1 amide bonds. The van der Waals surface area contributed by atoms with Crippen LogP contribution in [0.2, 0.25) is 0 Å². The zero-order valence-corrected chi connectivity index (χ0v) is 17.8. The van der Waals surface area contributed by atoms with E-state index in [9.17, 15) is 4.79 Å². The predicted octanol–water partition coefficient (Wildman–Crippen LogP) is 5.41. The summed E-state index contributed by atoms with van der Waals surface area (Å²) in [6.45, 7) is 1.92. The highest BCUT2D eigenvalue weighted by molar-refractivity contribution is 5.92. The van der Waals surface area contributed by atoms with Crippen molar-refractivity contribution in [3.8, 4) is 5.75 Å². The van der Waals surface area contributed by atoms with E-state index < -0.39 is 0 Å². The Morgan fingerprint density at radius 2 is 1.52 bits per heavy atom. The Balaban J connectivity index is 1.40. The van der Waals surface area contributed by atoms with Crippen molar-refractivity contribution in [1.29, 1.82) is 0 Å². The molecule has 31 heavy (non-hydrogen) atoms. The van der Waals surface area contributed by atoms with Crippen molar-refractivity contribution in [2.24, 2.45) is 5.92 Å². The molecule has 1 heterocycles. The van der Waals surface area contributed by atoms with Gasteiger partial charge in [-0.1, -0.05) is 12.8 Å². The molecule has 1 aromatic heterocycles. The fourth-order valence-electron chi connectivity index (χ4n) is 3.71. The largest absolute Gasteiger partial charge is 0.497 e. The summed E-state index contributed by atoms with van der Waals surface area (Å²) in [4.78, 5) is 21.3. The molecule has 0 atom stereocenters. The smallest absolute Gasteiger partial charge is 0.229 e. The highest BCUT2D eigenvalue weighted by Gasteiger charge is 2.22. The zero-order chi connectivity index (χ0) is 21.6. The third-order valence-corrected chi connectivity index (χ3v) is 5.35. The van der Waals surface area contributed by atoms with Crippen LogP contribution in [0, 0.1) is 12.8 Å². The molecule has 1 fully saturated rings. The van der Waals surface area contributed by atoms with E-state index in [0.717, 1.165) is 54.2 Å². The van der Waals surface area contributed by atoms with E-state index in [2.05, 4.69) is 25.9 Å². The standard InChI is InChI=1S/C24H27N5O2/c1-16-15-22(26-18-11-13-21(31-2)14-12-18)29-24(25-16)28-20-9-7-19(8-10-20)27-23(30)17-5-3-4-6-17/h7-15,17H,3-6H2,1-2H3,(H,27,30)(H2,25,26,28,29). The predicted molar refractivity (Wildman–Crippen MR) is 123 cm³/mol. The first-order chi connectivity index (χ1) is 15.1. The van der Waals surface area contributed by atoms with E-state index in [1.807, 2.05) is 61.5 Å². The van der Waals surface area contributed by atoms with Crippen molar-refractivity contribution in [3.05, 3.63) is 60.3 Å². The van der Waals surface area contributed by atoms with Gasteiger partial charge in [0.1, 0.15) is 11.6 Å². The monoisotopic (exact) mass is 417 g/mol. The molecule has 0 unspecified atom stereocenters. The maximum absolute atomic E-state index is 12.3. The lowest BCUT2D eigenvalue weighted by Crippen LogP contribution is -2.20. The molecule has 1 aliphatic rings. The zero-order valence-electron chi connectivity index (χ0n) is 17.8. The average molecular weight is 418 g/mol. The van der Waals surface area contributed by atoms with E-state index in [1.165, 1.54) is 0 Å². The first-order valence-electron chi connectivity index (χ1n) is 10.5. The summed E-state index contributed by atoms with van der Waals surface area (Å²) >= 11 is 0. The molecule has 0 aliphatic heterocycles. The minimum atomic E-state index is 0.120. The lowest BCUT2D eigenvalue weighted by molar-refractivity contribution is -0.119. The Kier molecular flexibility index (Phi) is 6.31. The van der Waals surface area contributed by atoms with E-state index in [0.29, 0.717) is 11.8 Å². The fourth-order valence-corrected chi connectivity index (χ4v) is 3.71. The maximum Gasteiger partial charge on any atom is 0.229 e. The van der Waals surface area contributed by atoms with E-state index in [4.69, 9.17) is 4.74 Å². The first kappa shape index (κ1) is 20.7. The molecule has 0 radical (unpaired) electrons. The van der Waals surface area contributed by atoms with Crippen LogP contribution in [0.1, 0.15) is 31.4 Å². The van der Waals surface area contributed by atoms with Crippen molar-refractivity contribution in [2.45, 2.75) is 32.6 Å². The van der Waals surface area contributed by atoms with Crippen molar-refractivity contribution < 1.29 is 9.53 Å². The van der Waals surface area contributed by atoms with Gasteiger partial charge in [-0.2, -0.15) is 4.98 Å². The molecule has 0 spiro atoms. The van der Waals surface area contributed by atoms with Crippen LogP contribution in [0.4, 0.5) is 28.8 Å². The van der Waals surface area contributed by atoms with Crippen LogP contribution in [0.3, 0.4) is 0 Å². The molecule has 160 valence electrons. The topological polar surface area (TPSA) is 88.2 Å². The molecule has 7 heteroatoms. The van der Waals surface area contributed by atoms with E-state index in [1.54, 1.807) is 7.11 Å². The molecular formula is C24H27N5O2. The number of amides is 1. The molecule has 2 aromatic carbocycles. The van der Waals surface area contributed by atoms with Gasteiger partial charge in [0.25, 0.3) is 0 Å². The van der Waals surface area contributed by atoms with E-state index >= 15 is 0 Å². The van der Waals surface area contributed by atoms with Gasteiger partial charge in [0.05, 0.1) is 7.11 Å². The van der Waals surface area contributed by atoms with Gasteiger partial charge in [0.2, 0.25) is 11.9 Å². The number of methoxy groups -OCH3 is 1. The quantitative estimate of drug-likeness (QED) is 0.476. The molecule has 0 saturated heterocycles. The Labute approximate surface area is 182 Å². The van der Waals surface area contributed by atoms with Gasteiger partial charge in [-0.25, -0.2) is 4.98 Å². The number of aryl methyl sites for hydroxylation is 1. The van der Waals surface area contributed by atoms with Crippen LogP contribution in [0.5, 0.6) is 5.75 Å². The molecule has 3 aromatic rings. The minimum Gasteiger partial charge on any atom is -0.497 e. The fraction of sp³-hybridized carbons (Fsp3) is 0.292. The number of hydrogen-bond donors (Lipinski definition) is 3. The SMILES string of the molecule is COc1ccc(Nc2cc(C)nc(Nc3ccc(NC(=O)C4CCCC4)cc3)n2)cc1. The summed E-state index contributed by atoms with van der Waals surface area (Å²) in [5, 5.41) is 9.53. The Morgan fingerprint density at radius 1 is 0.903 bits per heavy atom. The maximum atomic E-state index is 12.3. The van der Waals surface area contributed by atoms with Gasteiger partial charge < -0.3 is 20.7 Å². The van der Waals surface area contributed by atoms with Gasteiger partial charge in [-0.3, -0.25) is 4.79 Å². The summed E-state index contributed by atoms with van der Waals surface area (Å²) < 4.78 is 5.19. The number of nitrogens with zero attached hydrogens (tertiary/aromatic N) is 2. The van der Waals surface area contributed by atoms with Crippen molar-refractivity contribution >= 4 is 34.7 Å². The summed E-state index contributed by atoms with van der Waals surface area (Å²) in [6.07, 6.45) is 4.27. The molecule has 1 aliphatic carbocycles. The molecule has 1 saturated carbocycles. The summed E-state index contributed by atoms with van der Waals surface area (Å²) in [7, 11) is 1.64. The number of carbonyl (C=O) groups excluding carboxylic acids is 1. The van der Waals surface area contributed by atoms with Gasteiger partial charge in [0, 0.05) is 34.7 Å². The normalized spacial score (nSPS) is 13.6. The second-order valence-corrected chi connectivity index (χ2v) is 7.74. The number of nitrogens with one attached hydrogen (secondary N) is 3. The van der Waals surface area contributed by atoms with Gasteiger partial charge in [-0.05, 0) is 68.3 Å². The van der Waals surface area contributed by atoms with Crippen molar-refractivity contribution in [2.75, 3.05) is 23.1 Å². The Bertz CT molecular complexity index is 1030. The average Bonchev–Trinajstić information content (AvgIpc) is 3.30. The molecule has 4 rings (SSSR count). The number of hydrogen-bond acceptors (Lipinski definition) is 6. The highest BCUT2D eigenvalue weighted by atomic mass is 16.5. The number of anilines is 5. The molecular weight excluding hydrogens is 390 g/mol. The first-order valence-corrected chi connectivity index (χ1v) is 10.5. The number of rotatable bonds is 7. The number of aromatic nitrogens is 2. The van der Waals surface area contributed by atoms with Gasteiger partial charge >= 0.3 is 0 Å². The summed E-state index contributed by atoms with van der Waals surface area (Å²) in [6, 6.07) is 17.1.